The van der Waals surface area contributed by atoms with E-state index in [1.165, 1.54) is 24.4 Å². The van der Waals surface area contributed by atoms with Crippen molar-refractivity contribution >= 4 is 28.6 Å². The minimum Gasteiger partial charge on any atom is -0.490 e. The van der Waals surface area contributed by atoms with Crippen LogP contribution in [0.3, 0.4) is 0 Å². The summed E-state index contributed by atoms with van der Waals surface area (Å²) in [5, 5.41) is 6.19. The minimum absolute atomic E-state index is 0.109. The van der Waals surface area contributed by atoms with E-state index in [2.05, 4.69) is 15.6 Å². The number of amides is 2. The quantitative estimate of drug-likeness (QED) is 0.359. The number of carbonyl (C=O) groups excluding carboxylic acids is 2. The second-order valence-electron chi connectivity index (χ2n) is 10.2. The smallest absolute Gasteiger partial charge is 0.419 e. The van der Waals surface area contributed by atoms with Crippen molar-refractivity contribution in [2.24, 2.45) is 0 Å². The SMILES string of the molecule is CC(C)(C)OC(=O)Nc1cc2c(CC(=O)NC3CC(Oc4ccc(F)c(C(F)(F)F)c4)C3)c(F)ccc2cn1. The van der Waals surface area contributed by atoms with Gasteiger partial charge in [0.05, 0.1) is 12.0 Å². The van der Waals surface area contributed by atoms with Crippen molar-refractivity contribution in [2.75, 3.05) is 5.32 Å². The Balaban J connectivity index is 1.37. The first-order chi connectivity index (χ1) is 18.2. The molecule has 0 saturated heterocycles. The van der Waals surface area contributed by atoms with Crippen LogP contribution in [0.4, 0.5) is 32.6 Å². The number of anilines is 1. The van der Waals surface area contributed by atoms with E-state index in [1.54, 1.807) is 20.8 Å². The number of nitrogens with zero attached hydrogens (tertiary/aromatic N) is 1. The average Bonchev–Trinajstić information content (AvgIpc) is 2.78. The van der Waals surface area contributed by atoms with Crippen LogP contribution in [0, 0.1) is 11.6 Å². The van der Waals surface area contributed by atoms with Gasteiger partial charge >= 0.3 is 12.3 Å². The number of ether oxygens (including phenoxy) is 2. The molecule has 1 heterocycles. The van der Waals surface area contributed by atoms with E-state index >= 15 is 0 Å². The van der Waals surface area contributed by atoms with E-state index in [-0.39, 0.29) is 29.6 Å². The van der Waals surface area contributed by atoms with Crippen molar-refractivity contribution < 1.29 is 41.0 Å². The van der Waals surface area contributed by atoms with E-state index in [4.69, 9.17) is 9.47 Å². The van der Waals surface area contributed by atoms with Gasteiger partial charge in [-0.1, -0.05) is 0 Å². The van der Waals surface area contributed by atoms with Gasteiger partial charge in [-0.3, -0.25) is 10.1 Å². The zero-order chi connectivity index (χ0) is 28.5. The second-order valence-corrected chi connectivity index (χ2v) is 10.2. The zero-order valence-corrected chi connectivity index (χ0v) is 21.3. The summed E-state index contributed by atoms with van der Waals surface area (Å²) in [4.78, 5) is 28.9. The third-order valence-electron chi connectivity index (χ3n) is 5.93. The molecule has 4 rings (SSSR count). The molecular weight excluding hydrogens is 525 g/mol. The lowest BCUT2D eigenvalue weighted by Gasteiger charge is -2.36. The van der Waals surface area contributed by atoms with Gasteiger partial charge in [0.25, 0.3) is 0 Å². The molecule has 7 nitrogen and oxygen atoms in total. The second kappa shape index (κ2) is 10.7. The normalized spacial score (nSPS) is 17.3. The van der Waals surface area contributed by atoms with Gasteiger partial charge in [-0.15, -0.1) is 0 Å². The zero-order valence-electron chi connectivity index (χ0n) is 21.3. The number of nitrogens with one attached hydrogen (secondary N) is 2. The molecule has 0 spiro atoms. The van der Waals surface area contributed by atoms with Gasteiger partial charge in [0.2, 0.25) is 5.91 Å². The largest absolute Gasteiger partial charge is 0.490 e. The van der Waals surface area contributed by atoms with Crippen molar-refractivity contribution in [1.29, 1.82) is 0 Å². The molecule has 39 heavy (non-hydrogen) atoms. The molecule has 0 aliphatic heterocycles. The lowest BCUT2D eigenvalue weighted by Crippen LogP contribution is -2.49. The van der Waals surface area contributed by atoms with Crippen molar-refractivity contribution in [3.05, 3.63) is 65.4 Å². The minimum atomic E-state index is -4.85. The maximum atomic E-state index is 14.7. The molecule has 2 N–H and O–H groups in total. The highest BCUT2D eigenvalue weighted by atomic mass is 19.4. The van der Waals surface area contributed by atoms with Crippen LogP contribution in [0.25, 0.3) is 10.8 Å². The highest BCUT2D eigenvalue weighted by molar-refractivity contribution is 5.93. The average molecular weight is 552 g/mol. The summed E-state index contributed by atoms with van der Waals surface area (Å²) in [5.41, 5.74) is -2.04. The van der Waals surface area contributed by atoms with Gasteiger partial charge in [-0.2, -0.15) is 13.2 Å². The van der Waals surface area contributed by atoms with Crippen LogP contribution in [-0.4, -0.2) is 34.7 Å². The molecule has 3 aromatic rings. The molecule has 1 aromatic heterocycles. The van der Waals surface area contributed by atoms with Gasteiger partial charge < -0.3 is 14.8 Å². The number of hydrogen-bond acceptors (Lipinski definition) is 5. The molecule has 0 unspecified atom stereocenters. The summed E-state index contributed by atoms with van der Waals surface area (Å²) < 4.78 is 77.6. The van der Waals surface area contributed by atoms with Crippen molar-refractivity contribution in [3.8, 4) is 5.75 Å². The summed E-state index contributed by atoms with van der Waals surface area (Å²) in [6.45, 7) is 5.11. The fourth-order valence-electron chi connectivity index (χ4n) is 4.11. The maximum absolute atomic E-state index is 14.7. The van der Waals surface area contributed by atoms with E-state index in [0.29, 0.717) is 35.7 Å². The first-order valence-corrected chi connectivity index (χ1v) is 12.1. The molecule has 2 aromatic carbocycles. The topological polar surface area (TPSA) is 89.5 Å². The predicted molar refractivity (Wildman–Crippen MR) is 132 cm³/mol. The van der Waals surface area contributed by atoms with E-state index in [1.807, 2.05) is 0 Å². The molecule has 1 fully saturated rings. The fraction of sp³-hybridized carbons (Fsp3) is 0.370. The Morgan fingerprint density at radius 2 is 1.72 bits per heavy atom. The maximum Gasteiger partial charge on any atom is 0.419 e. The Kier molecular flexibility index (Phi) is 7.67. The van der Waals surface area contributed by atoms with Crippen molar-refractivity contribution in [1.82, 2.24) is 10.3 Å². The van der Waals surface area contributed by atoms with Gasteiger partial charge in [0.1, 0.15) is 34.9 Å². The Labute approximate surface area is 220 Å². The van der Waals surface area contributed by atoms with Crippen LogP contribution in [0.15, 0.2) is 42.6 Å². The first kappa shape index (κ1) is 28.1. The van der Waals surface area contributed by atoms with Gasteiger partial charge in [-0.25, -0.2) is 18.6 Å². The number of alkyl halides is 3. The molecule has 0 bridgehead atoms. The summed E-state index contributed by atoms with van der Waals surface area (Å²) in [6.07, 6.45) is -4.28. The highest BCUT2D eigenvalue weighted by Crippen LogP contribution is 2.35. The third-order valence-corrected chi connectivity index (χ3v) is 5.93. The van der Waals surface area contributed by atoms with Crippen molar-refractivity contribution in [3.63, 3.8) is 0 Å². The monoisotopic (exact) mass is 551 g/mol. The lowest BCUT2D eigenvalue weighted by atomic mass is 9.89. The van der Waals surface area contributed by atoms with Gasteiger partial charge in [-0.05, 0) is 62.6 Å². The molecule has 1 aliphatic rings. The Morgan fingerprint density at radius 1 is 1.03 bits per heavy atom. The summed E-state index contributed by atoms with van der Waals surface area (Å²) in [5.74, 6) is -2.47. The number of rotatable bonds is 6. The van der Waals surface area contributed by atoms with Crippen LogP contribution in [0.2, 0.25) is 0 Å². The molecule has 1 aliphatic carbocycles. The molecule has 1 saturated carbocycles. The molecule has 2 amide bonds. The lowest BCUT2D eigenvalue weighted by molar-refractivity contribution is -0.140. The van der Waals surface area contributed by atoms with Gasteiger partial charge in [0.15, 0.2) is 0 Å². The van der Waals surface area contributed by atoms with E-state index in [0.717, 1.165) is 6.07 Å². The molecule has 0 atom stereocenters. The standard InChI is InChI=1S/C27H26F5N3O4/c1-26(2,3)39-25(37)35-23-11-18-14(13-33-23)4-6-21(28)19(18)12-24(36)34-15-8-17(9-15)38-16-5-7-22(29)20(10-16)27(30,31)32/h4-7,10-11,13,15,17H,8-9,12H2,1-3H3,(H,34,36)(H,33,35,37). The number of benzene rings is 2. The van der Waals surface area contributed by atoms with Crippen LogP contribution in [0.1, 0.15) is 44.7 Å². The van der Waals surface area contributed by atoms with Crippen LogP contribution < -0.4 is 15.4 Å². The number of fused-ring (bicyclic) bond motifs is 1. The third kappa shape index (κ3) is 7.12. The predicted octanol–water partition coefficient (Wildman–Crippen LogP) is 6.15. The van der Waals surface area contributed by atoms with Crippen LogP contribution in [0.5, 0.6) is 5.75 Å². The van der Waals surface area contributed by atoms with Crippen LogP contribution >= 0.6 is 0 Å². The molecule has 208 valence electrons. The Hall–Kier alpha value is -3.96. The van der Waals surface area contributed by atoms with Gasteiger partial charge in [0, 0.05) is 36.0 Å². The number of carbonyl (C=O) groups is 2. The molecule has 12 heteroatoms. The summed E-state index contributed by atoms with van der Waals surface area (Å²) >= 11 is 0. The summed E-state index contributed by atoms with van der Waals surface area (Å²) in [6, 6.07) is 6.26. The Bertz CT molecular complexity index is 1400. The summed E-state index contributed by atoms with van der Waals surface area (Å²) in [7, 11) is 0. The molecule has 0 radical (unpaired) electrons. The first-order valence-electron chi connectivity index (χ1n) is 12.1. The van der Waals surface area contributed by atoms with E-state index in [9.17, 15) is 31.5 Å². The fourth-order valence-corrected chi connectivity index (χ4v) is 4.11. The Morgan fingerprint density at radius 3 is 2.38 bits per heavy atom. The van der Waals surface area contributed by atoms with Crippen molar-refractivity contribution in [2.45, 2.75) is 64.0 Å². The number of pyridine rings is 1. The number of halogens is 5. The number of aromatic nitrogens is 1. The molecular formula is C27H26F5N3O4. The number of hydrogen-bond donors (Lipinski definition) is 2. The van der Waals surface area contributed by atoms with E-state index < -0.39 is 47.1 Å². The van der Waals surface area contributed by atoms with Crippen LogP contribution in [-0.2, 0) is 22.1 Å². The highest BCUT2D eigenvalue weighted by Gasteiger charge is 2.36.